The number of rotatable bonds is 6. The van der Waals surface area contributed by atoms with Crippen LogP contribution in [-0.4, -0.2) is 45.2 Å². The molecule has 7 nitrogen and oxygen atoms in total. The van der Waals surface area contributed by atoms with Gasteiger partial charge in [0.25, 0.3) is 5.56 Å². The standard InChI is InChI=1S/C27H25ClF4N4O3S/c1-15-9-16(28)10-19(23(15)39-21-12-33-7-5-26(21,2)29)18-3-6-34-20-11-17(40-24(18)20)13-36-22(37)4-8-35(25(36)38)14-27(30,31)32/h3-4,6,8-11,21,33H,5,7,12-14H2,1-2H3/t21?,26-/m1/s1. The van der Waals surface area contributed by atoms with Gasteiger partial charge in [0, 0.05) is 46.0 Å². The molecule has 40 heavy (non-hydrogen) atoms. The number of hydrogen-bond donors (Lipinski definition) is 1. The molecular weight excluding hydrogens is 572 g/mol. The van der Waals surface area contributed by atoms with Crippen LogP contribution in [0.4, 0.5) is 17.6 Å². The molecule has 0 amide bonds. The number of alkyl halides is 4. The van der Waals surface area contributed by atoms with Crippen molar-refractivity contribution >= 4 is 33.2 Å². The molecule has 4 heterocycles. The fourth-order valence-electron chi connectivity index (χ4n) is 4.78. The number of halogens is 5. The molecule has 0 aliphatic carbocycles. The van der Waals surface area contributed by atoms with Crippen LogP contribution in [0.15, 0.2) is 52.3 Å². The Balaban J connectivity index is 1.56. The third-order valence-electron chi connectivity index (χ3n) is 6.85. The van der Waals surface area contributed by atoms with E-state index in [1.807, 2.05) is 6.92 Å². The monoisotopic (exact) mass is 596 g/mol. The zero-order chi connectivity index (χ0) is 28.8. The Morgan fingerprint density at radius 2 is 2.00 bits per heavy atom. The van der Waals surface area contributed by atoms with Gasteiger partial charge in [0.1, 0.15) is 24.1 Å². The van der Waals surface area contributed by atoms with E-state index >= 15 is 4.39 Å². The second kappa shape index (κ2) is 10.6. The van der Waals surface area contributed by atoms with E-state index < -0.39 is 35.7 Å². The number of fused-ring (bicyclic) bond motifs is 1. The molecule has 0 spiro atoms. The summed E-state index contributed by atoms with van der Waals surface area (Å²) in [4.78, 5) is 30.0. The third-order valence-corrected chi connectivity index (χ3v) is 8.21. The van der Waals surface area contributed by atoms with Crippen molar-refractivity contribution in [1.29, 1.82) is 0 Å². The van der Waals surface area contributed by atoms with Crippen molar-refractivity contribution in [3.05, 3.63) is 79.0 Å². The second-order valence-corrected chi connectivity index (χ2v) is 11.6. The first kappa shape index (κ1) is 28.3. The zero-order valence-electron chi connectivity index (χ0n) is 21.5. The Hall–Kier alpha value is -3.22. The quantitative estimate of drug-likeness (QED) is 0.305. The van der Waals surface area contributed by atoms with Crippen LogP contribution in [0.5, 0.6) is 5.75 Å². The highest BCUT2D eigenvalue weighted by Gasteiger charge is 2.39. The maximum absolute atomic E-state index is 15.3. The minimum atomic E-state index is -4.62. The highest BCUT2D eigenvalue weighted by Crippen LogP contribution is 2.42. The van der Waals surface area contributed by atoms with Crippen molar-refractivity contribution in [2.45, 2.75) is 51.3 Å². The van der Waals surface area contributed by atoms with Gasteiger partial charge >= 0.3 is 11.9 Å². The van der Waals surface area contributed by atoms with E-state index in [4.69, 9.17) is 16.3 Å². The van der Waals surface area contributed by atoms with E-state index in [-0.39, 0.29) is 6.54 Å². The molecule has 0 radical (unpaired) electrons. The van der Waals surface area contributed by atoms with Gasteiger partial charge in [-0.05, 0) is 56.6 Å². The van der Waals surface area contributed by atoms with Crippen LogP contribution in [0.25, 0.3) is 21.3 Å². The van der Waals surface area contributed by atoms with Gasteiger partial charge in [0.15, 0.2) is 0 Å². The van der Waals surface area contributed by atoms with E-state index in [1.54, 1.807) is 30.5 Å². The van der Waals surface area contributed by atoms with Crippen molar-refractivity contribution in [1.82, 2.24) is 19.4 Å². The third kappa shape index (κ3) is 5.79. The lowest BCUT2D eigenvalue weighted by Gasteiger charge is -2.36. The van der Waals surface area contributed by atoms with Gasteiger partial charge in [0.2, 0.25) is 0 Å². The van der Waals surface area contributed by atoms with Crippen LogP contribution in [0.1, 0.15) is 23.8 Å². The molecule has 2 atom stereocenters. The summed E-state index contributed by atoms with van der Waals surface area (Å²) in [6.07, 6.45) is -2.63. The lowest BCUT2D eigenvalue weighted by molar-refractivity contribution is -0.141. The number of pyridine rings is 1. The molecule has 1 saturated heterocycles. The van der Waals surface area contributed by atoms with Gasteiger partial charge in [0.05, 0.1) is 16.8 Å². The zero-order valence-corrected chi connectivity index (χ0v) is 23.1. The van der Waals surface area contributed by atoms with E-state index in [1.165, 1.54) is 18.3 Å². The molecule has 0 bridgehead atoms. The fraction of sp³-hybridized carbons (Fsp3) is 0.370. The van der Waals surface area contributed by atoms with Gasteiger partial charge in [-0.15, -0.1) is 11.3 Å². The number of ether oxygens (including phenoxy) is 1. The fourth-order valence-corrected chi connectivity index (χ4v) is 6.19. The summed E-state index contributed by atoms with van der Waals surface area (Å²) in [5, 5.41) is 3.62. The second-order valence-electron chi connectivity index (χ2n) is 9.99. The molecule has 1 N–H and O–H groups in total. The number of benzene rings is 1. The molecule has 1 aromatic carbocycles. The van der Waals surface area contributed by atoms with Crippen molar-refractivity contribution in [2.24, 2.45) is 0 Å². The summed E-state index contributed by atoms with van der Waals surface area (Å²) in [7, 11) is 0. The lowest BCUT2D eigenvalue weighted by Crippen LogP contribution is -2.52. The van der Waals surface area contributed by atoms with Crippen molar-refractivity contribution in [3.8, 4) is 16.9 Å². The number of piperidine rings is 1. The summed E-state index contributed by atoms with van der Waals surface area (Å²) in [6, 6.07) is 7.83. The van der Waals surface area contributed by atoms with Crippen LogP contribution >= 0.6 is 22.9 Å². The van der Waals surface area contributed by atoms with E-state index in [0.29, 0.717) is 66.6 Å². The molecule has 1 aliphatic rings. The SMILES string of the molecule is Cc1cc(Cl)cc(-c2ccnc3cc(Cn4c(=O)ccn(CC(F)(F)F)c4=O)sc23)c1OC1CNCC[C@@]1(C)F. The van der Waals surface area contributed by atoms with Gasteiger partial charge in [-0.1, -0.05) is 11.6 Å². The molecule has 1 fully saturated rings. The van der Waals surface area contributed by atoms with E-state index in [0.717, 1.165) is 16.8 Å². The van der Waals surface area contributed by atoms with Crippen LogP contribution in [0.3, 0.4) is 0 Å². The molecule has 1 aliphatic heterocycles. The minimum absolute atomic E-state index is 0.233. The molecule has 5 rings (SSSR count). The predicted molar refractivity (Wildman–Crippen MR) is 146 cm³/mol. The van der Waals surface area contributed by atoms with Crippen LogP contribution in [-0.2, 0) is 13.1 Å². The number of nitrogens with zero attached hydrogens (tertiary/aromatic N) is 3. The number of nitrogens with one attached hydrogen (secondary N) is 1. The highest BCUT2D eigenvalue weighted by atomic mass is 35.5. The van der Waals surface area contributed by atoms with Crippen molar-refractivity contribution in [2.75, 3.05) is 13.1 Å². The largest absolute Gasteiger partial charge is 0.485 e. The van der Waals surface area contributed by atoms with Gasteiger partial charge < -0.3 is 10.1 Å². The minimum Gasteiger partial charge on any atom is -0.485 e. The van der Waals surface area contributed by atoms with Crippen LogP contribution in [0.2, 0.25) is 5.02 Å². The number of aromatic nitrogens is 3. The average Bonchev–Trinajstić information content (AvgIpc) is 3.28. The number of aryl methyl sites for hydroxylation is 1. The first-order valence-electron chi connectivity index (χ1n) is 12.4. The lowest BCUT2D eigenvalue weighted by atomic mass is 9.93. The maximum Gasteiger partial charge on any atom is 0.406 e. The summed E-state index contributed by atoms with van der Waals surface area (Å²) in [5.41, 5.74) is -0.738. The Morgan fingerprint density at radius 3 is 2.73 bits per heavy atom. The molecular formula is C27H25ClF4N4O3S. The summed E-state index contributed by atoms with van der Waals surface area (Å²) in [5.74, 6) is 0.471. The average molecular weight is 597 g/mol. The number of thiophene rings is 1. The van der Waals surface area contributed by atoms with Gasteiger partial charge in [-0.25, -0.2) is 9.18 Å². The number of hydrogen-bond acceptors (Lipinski definition) is 6. The van der Waals surface area contributed by atoms with Gasteiger partial charge in [-0.2, -0.15) is 13.2 Å². The summed E-state index contributed by atoms with van der Waals surface area (Å²) >= 11 is 7.66. The summed E-state index contributed by atoms with van der Waals surface area (Å²) < 4.78 is 62.2. The molecule has 1 unspecified atom stereocenters. The Morgan fingerprint density at radius 1 is 1.23 bits per heavy atom. The Bertz CT molecular complexity index is 1700. The van der Waals surface area contributed by atoms with E-state index in [2.05, 4.69) is 10.3 Å². The van der Waals surface area contributed by atoms with Crippen molar-refractivity contribution < 1.29 is 22.3 Å². The Labute approximate surface area is 235 Å². The van der Waals surface area contributed by atoms with Crippen molar-refractivity contribution in [3.63, 3.8) is 0 Å². The molecule has 0 saturated carbocycles. The van der Waals surface area contributed by atoms with Crippen LogP contribution in [0, 0.1) is 6.92 Å². The van der Waals surface area contributed by atoms with E-state index in [9.17, 15) is 22.8 Å². The maximum atomic E-state index is 15.3. The molecule has 13 heteroatoms. The van der Waals surface area contributed by atoms with Crippen LogP contribution < -0.4 is 21.3 Å². The topological polar surface area (TPSA) is 78.2 Å². The Kier molecular flexibility index (Phi) is 7.53. The first-order chi connectivity index (χ1) is 18.8. The normalized spacial score (nSPS) is 19.7. The van der Waals surface area contributed by atoms with Gasteiger partial charge in [-0.3, -0.25) is 18.9 Å². The highest BCUT2D eigenvalue weighted by molar-refractivity contribution is 7.19. The smallest absolute Gasteiger partial charge is 0.406 e. The molecule has 4 aromatic rings. The molecule has 212 valence electrons. The molecule has 3 aromatic heterocycles. The first-order valence-corrected chi connectivity index (χ1v) is 13.6. The predicted octanol–water partition coefficient (Wildman–Crippen LogP) is 5.33. The summed E-state index contributed by atoms with van der Waals surface area (Å²) in [6.45, 7) is 2.49.